The highest BCUT2D eigenvalue weighted by molar-refractivity contribution is 5.78. The average Bonchev–Trinajstić information content (AvgIpc) is 2.49. The van der Waals surface area contributed by atoms with Crippen LogP contribution in [0.5, 0.6) is 0 Å². The first-order valence-corrected chi connectivity index (χ1v) is 4.17. The van der Waals surface area contributed by atoms with Crippen LogP contribution in [0.1, 0.15) is 12.5 Å². The molecule has 2 aromatic rings. The summed E-state index contributed by atoms with van der Waals surface area (Å²) in [4.78, 5) is 15.0. The SMILES string of the molecule is CC(=O)Cc1ccc2nccn2c1. The van der Waals surface area contributed by atoms with Crippen molar-refractivity contribution in [3.63, 3.8) is 0 Å². The number of aromatic nitrogens is 2. The monoisotopic (exact) mass is 174 g/mol. The van der Waals surface area contributed by atoms with Gasteiger partial charge in [0.25, 0.3) is 0 Å². The number of hydrogen-bond donors (Lipinski definition) is 0. The molecule has 0 radical (unpaired) electrons. The third-order valence-electron chi connectivity index (χ3n) is 1.90. The number of ketones is 1. The van der Waals surface area contributed by atoms with Crippen molar-refractivity contribution in [2.75, 3.05) is 0 Å². The Kier molecular flexibility index (Phi) is 1.85. The number of hydrogen-bond acceptors (Lipinski definition) is 2. The van der Waals surface area contributed by atoms with E-state index in [1.807, 2.05) is 28.9 Å². The van der Waals surface area contributed by atoms with Crippen molar-refractivity contribution >= 4 is 11.4 Å². The van der Waals surface area contributed by atoms with Crippen LogP contribution >= 0.6 is 0 Å². The first-order chi connectivity index (χ1) is 6.25. The Morgan fingerprint density at radius 2 is 2.38 bits per heavy atom. The van der Waals surface area contributed by atoms with E-state index in [0.717, 1.165) is 11.2 Å². The molecule has 0 spiro atoms. The summed E-state index contributed by atoms with van der Waals surface area (Å²) in [6.07, 6.45) is 6.05. The highest BCUT2D eigenvalue weighted by Gasteiger charge is 1.99. The van der Waals surface area contributed by atoms with Crippen LogP contribution in [-0.4, -0.2) is 15.2 Å². The van der Waals surface area contributed by atoms with Gasteiger partial charge in [0, 0.05) is 25.0 Å². The summed E-state index contributed by atoms with van der Waals surface area (Å²) < 4.78 is 1.91. The lowest BCUT2D eigenvalue weighted by Crippen LogP contribution is -1.97. The Morgan fingerprint density at radius 3 is 3.15 bits per heavy atom. The van der Waals surface area contributed by atoms with Gasteiger partial charge in [-0.3, -0.25) is 4.79 Å². The van der Waals surface area contributed by atoms with E-state index in [4.69, 9.17) is 0 Å². The van der Waals surface area contributed by atoms with E-state index < -0.39 is 0 Å². The largest absolute Gasteiger partial charge is 0.307 e. The van der Waals surface area contributed by atoms with Crippen LogP contribution in [0.4, 0.5) is 0 Å². The molecule has 2 aromatic heterocycles. The van der Waals surface area contributed by atoms with Crippen molar-refractivity contribution in [1.82, 2.24) is 9.38 Å². The maximum Gasteiger partial charge on any atom is 0.136 e. The Hall–Kier alpha value is -1.64. The normalized spacial score (nSPS) is 10.5. The molecule has 0 unspecified atom stereocenters. The Morgan fingerprint density at radius 1 is 1.54 bits per heavy atom. The summed E-state index contributed by atoms with van der Waals surface area (Å²) in [5.74, 6) is 0.180. The molecule has 0 N–H and O–H groups in total. The number of carbonyl (C=O) groups is 1. The Bertz CT molecular complexity index is 445. The molecular formula is C10H10N2O. The minimum absolute atomic E-state index is 0.180. The smallest absolute Gasteiger partial charge is 0.136 e. The first-order valence-electron chi connectivity index (χ1n) is 4.17. The number of imidazole rings is 1. The molecule has 0 saturated heterocycles. The van der Waals surface area contributed by atoms with Gasteiger partial charge in [-0.2, -0.15) is 0 Å². The van der Waals surface area contributed by atoms with Crippen molar-refractivity contribution in [2.45, 2.75) is 13.3 Å². The second-order valence-corrected chi connectivity index (χ2v) is 3.11. The van der Waals surface area contributed by atoms with Crippen LogP contribution < -0.4 is 0 Å². The predicted octanol–water partition coefficient (Wildman–Crippen LogP) is 1.47. The van der Waals surface area contributed by atoms with Crippen molar-refractivity contribution in [3.05, 3.63) is 36.3 Å². The zero-order chi connectivity index (χ0) is 9.26. The number of rotatable bonds is 2. The second-order valence-electron chi connectivity index (χ2n) is 3.11. The van der Waals surface area contributed by atoms with Crippen LogP contribution in [0.15, 0.2) is 30.7 Å². The van der Waals surface area contributed by atoms with Gasteiger partial charge in [0.15, 0.2) is 0 Å². The Labute approximate surface area is 76.0 Å². The highest BCUT2D eigenvalue weighted by atomic mass is 16.1. The summed E-state index contributed by atoms with van der Waals surface area (Å²) in [5, 5.41) is 0. The van der Waals surface area contributed by atoms with Crippen LogP contribution in [0.25, 0.3) is 5.65 Å². The van der Waals surface area contributed by atoms with E-state index in [-0.39, 0.29) is 5.78 Å². The van der Waals surface area contributed by atoms with E-state index in [2.05, 4.69) is 4.98 Å². The lowest BCUT2D eigenvalue weighted by atomic mass is 10.1. The van der Waals surface area contributed by atoms with Crippen molar-refractivity contribution in [2.24, 2.45) is 0 Å². The topological polar surface area (TPSA) is 34.4 Å². The maximum absolute atomic E-state index is 10.9. The molecule has 66 valence electrons. The van der Waals surface area contributed by atoms with Crippen LogP contribution in [0.2, 0.25) is 0 Å². The zero-order valence-electron chi connectivity index (χ0n) is 7.40. The van der Waals surface area contributed by atoms with Gasteiger partial charge in [-0.05, 0) is 18.6 Å². The fraction of sp³-hybridized carbons (Fsp3) is 0.200. The van der Waals surface area contributed by atoms with E-state index in [1.165, 1.54) is 0 Å². The van der Waals surface area contributed by atoms with Gasteiger partial charge in [-0.25, -0.2) is 4.98 Å². The van der Waals surface area contributed by atoms with Gasteiger partial charge in [0.05, 0.1) is 0 Å². The summed E-state index contributed by atoms with van der Waals surface area (Å²) in [5.41, 5.74) is 1.94. The average molecular weight is 174 g/mol. The summed E-state index contributed by atoms with van der Waals surface area (Å²) in [6.45, 7) is 1.60. The first kappa shape index (κ1) is 7.98. The molecule has 13 heavy (non-hydrogen) atoms. The van der Waals surface area contributed by atoms with Gasteiger partial charge in [-0.1, -0.05) is 6.07 Å². The molecular weight excluding hydrogens is 164 g/mol. The van der Waals surface area contributed by atoms with E-state index in [0.29, 0.717) is 6.42 Å². The van der Waals surface area contributed by atoms with E-state index in [9.17, 15) is 4.79 Å². The summed E-state index contributed by atoms with van der Waals surface area (Å²) in [7, 11) is 0. The van der Waals surface area contributed by atoms with Gasteiger partial charge < -0.3 is 4.40 Å². The fourth-order valence-corrected chi connectivity index (χ4v) is 1.36. The standard InChI is InChI=1S/C10H10N2O/c1-8(13)6-9-2-3-10-11-4-5-12(10)7-9/h2-5,7H,6H2,1H3. The maximum atomic E-state index is 10.9. The zero-order valence-corrected chi connectivity index (χ0v) is 7.40. The minimum atomic E-state index is 0.180. The predicted molar refractivity (Wildman–Crippen MR) is 49.6 cm³/mol. The number of nitrogens with zero attached hydrogens (tertiary/aromatic N) is 2. The molecule has 0 bridgehead atoms. The number of carbonyl (C=O) groups excluding carboxylic acids is 1. The summed E-state index contributed by atoms with van der Waals surface area (Å²) in [6, 6.07) is 3.85. The van der Waals surface area contributed by atoms with Crippen molar-refractivity contribution in [3.8, 4) is 0 Å². The van der Waals surface area contributed by atoms with Crippen molar-refractivity contribution in [1.29, 1.82) is 0 Å². The number of Topliss-reactive ketones (excluding diaryl/α,β-unsaturated/α-hetero) is 1. The fourth-order valence-electron chi connectivity index (χ4n) is 1.36. The molecule has 0 aliphatic carbocycles. The molecule has 0 amide bonds. The van der Waals surface area contributed by atoms with E-state index in [1.54, 1.807) is 13.1 Å². The second kappa shape index (κ2) is 3.01. The van der Waals surface area contributed by atoms with Crippen LogP contribution in [0.3, 0.4) is 0 Å². The quantitative estimate of drug-likeness (QED) is 0.690. The van der Waals surface area contributed by atoms with Crippen molar-refractivity contribution < 1.29 is 4.79 Å². The van der Waals surface area contributed by atoms with Gasteiger partial charge in [0.1, 0.15) is 11.4 Å². The van der Waals surface area contributed by atoms with Gasteiger partial charge in [-0.15, -0.1) is 0 Å². The third-order valence-corrected chi connectivity index (χ3v) is 1.90. The molecule has 0 saturated carbocycles. The number of fused-ring (bicyclic) bond motifs is 1. The lowest BCUT2D eigenvalue weighted by molar-refractivity contribution is -0.116. The Balaban J connectivity index is 2.42. The molecule has 3 nitrogen and oxygen atoms in total. The molecule has 0 atom stereocenters. The molecule has 0 aromatic carbocycles. The van der Waals surface area contributed by atoms with Gasteiger partial charge >= 0.3 is 0 Å². The van der Waals surface area contributed by atoms with Crippen LogP contribution in [0, 0.1) is 0 Å². The third kappa shape index (κ3) is 1.59. The number of pyridine rings is 1. The van der Waals surface area contributed by atoms with E-state index >= 15 is 0 Å². The molecule has 0 fully saturated rings. The molecule has 3 heteroatoms. The highest BCUT2D eigenvalue weighted by Crippen LogP contribution is 2.05. The van der Waals surface area contributed by atoms with Crippen LogP contribution in [-0.2, 0) is 11.2 Å². The summed E-state index contributed by atoms with van der Waals surface area (Å²) >= 11 is 0. The minimum Gasteiger partial charge on any atom is -0.307 e. The van der Waals surface area contributed by atoms with Gasteiger partial charge in [0.2, 0.25) is 0 Å². The lowest BCUT2D eigenvalue weighted by Gasteiger charge is -1.98. The molecule has 0 aliphatic rings. The molecule has 2 heterocycles. The molecule has 2 rings (SSSR count). The molecule has 0 aliphatic heterocycles.